The van der Waals surface area contributed by atoms with Crippen molar-refractivity contribution in [1.82, 2.24) is 10.6 Å². The number of anilines is 1. The molecule has 6 heteroatoms. The normalized spacial score (nSPS) is 18.1. The molecule has 2 heterocycles. The summed E-state index contributed by atoms with van der Waals surface area (Å²) in [4.78, 5) is 25.9. The van der Waals surface area contributed by atoms with Gasteiger partial charge in [-0.05, 0) is 43.5 Å². The van der Waals surface area contributed by atoms with Crippen LogP contribution in [0.25, 0.3) is 0 Å². The number of nitrogens with zero attached hydrogens (tertiary/aromatic N) is 1. The highest BCUT2D eigenvalue weighted by atomic mass is 16.3. The second-order valence-corrected chi connectivity index (χ2v) is 6.64. The maximum atomic E-state index is 12.5. The van der Waals surface area contributed by atoms with Crippen molar-refractivity contribution < 1.29 is 14.0 Å². The van der Waals surface area contributed by atoms with Crippen LogP contribution in [0.1, 0.15) is 53.4 Å². The van der Waals surface area contributed by atoms with E-state index < -0.39 is 0 Å². The van der Waals surface area contributed by atoms with E-state index in [2.05, 4.69) is 10.6 Å². The molecule has 0 bridgehead atoms. The van der Waals surface area contributed by atoms with Crippen molar-refractivity contribution in [3.05, 3.63) is 53.5 Å². The number of hydrogen-bond donors (Lipinski definition) is 2. The van der Waals surface area contributed by atoms with E-state index in [0.717, 1.165) is 29.9 Å². The molecular weight excluding hydrogens is 318 g/mol. The number of carbonyl (C=O) groups excluding carboxylic acids is 2. The number of nitrogens with one attached hydrogen (secondary N) is 2. The van der Waals surface area contributed by atoms with Crippen LogP contribution in [0.2, 0.25) is 0 Å². The van der Waals surface area contributed by atoms with Gasteiger partial charge < -0.3 is 15.1 Å². The van der Waals surface area contributed by atoms with Crippen molar-refractivity contribution in [2.45, 2.75) is 31.7 Å². The van der Waals surface area contributed by atoms with Crippen molar-refractivity contribution >= 4 is 17.6 Å². The van der Waals surface area contributed by atoms with E-state index in [1.165, 1.54) is 0 Å². The number of rotatable bonds is 5. The fraction of sp³-hybridized carbons (Fsp3) is 0.368. The Morgan fingerprint density at radius 2 is 2.04 bits per heavy atom. The quantitative estimate of drug-likeness (QED) is 0.878. The van der Waals surface area contributed by atoms with Gasteiger partial charge in [-0.3, -0.25) is 9.69 Å². The highest BCUT2D eigenvalue weighted by Gasteiger charge is 2.31. The summed E-state index contributed by atoms with van der Waals surface area (Å²) in [5.41, 5.74) is 2.50. The summed E-state index contributed by atoms with van der Waals surface area (Å²) in [6.07, 6.45) is 3.77. The Bertz CT molecular complexity index is 793. The lowest BCUT2D eigenvalue weighted by atomic mass is 10.1. The molecule has 2 aliphatic rings. The lowest BCUT2D eigenvalue weighted by Crippen LogP contribution is -2.28. The standard InChI is InChI=1S/C19H21N3O3/c1-12(21-18(23)16-8-11-25-17(16)14-2-3-14)13-4-6-15(7-5-13)22-10-9-20-19(22)24/h4-8,11-12,14H,2-3,9-10H2,1H3,(H,20,24)(H,21,23). The molecule has 1 aromatic carbocycles. The number of carbonyl (C=O) groups is 2. The van der Waals surface area contributed by atoms with Crippen LogP contribution in [0.15, 0.2) is 41.0 Å². The third-order valence-electron chi connectivity index (χ3n) is 4.80. The van der Waals surface area contributed by atoms with E-state index in [1.54, 1.807) is 17.2 Å². The second-order valence-electron chi connectivity index (χ2n) is 6.64. The van der Waals surface area contributed by atoms with Crippen molar-refractivity contribution in [3.8, 4) is 0 Å². The lowest BCUT2D eigenvalue weighted by molar-refractivity contribution is 0.0937. The SMILES string of the molecule is CC(NC(=O)c1ccoc1C1CC1)c1ccc(N2CCNC2=O)cc1. The molecule has 1 aliphatic heterocycles. The van der Waals surface area contributed by atoms with Crippen LogP contribution in [0, 0.1) is 0 Å². The van der Waals surface area contributed by atoms with Gasteiger partial charge in [0.2, 0.25) is 0 Å². The van der Waals surface area contributed by atoms with Crippen LogP contribution in [0.4, 0.5) is 10.5 Å². The lowest BCUT2D eigenvalue weighted by Gasteiger charge is -2.17. The highest BCUT2D eigenvalue weighted by Crippen LogP contribution is 2.42. The molecule has 1 aromatic heterocycles. The maximum Gasteiger partial charge on any atom is 0.321 e. The minimum atomic E-state index is -0.129. The minimum absolute atomic E-state index is 0.0679. The molecular formula is C19H21N3O3. The Balaban J connectivity index is 1.43. The molecule has 2 fully saturated rings. The molecule has 2 aromatic rings. The summed E-state index contributed by atoms with van der Waals surface area (Å²) in [5.74, 6) is 1.10. The largest absolute Gasteiger partial charge is 0.468 e. The van der Waals surface area contributed by atoms with Gasteiger partial charge in [-0.25, -0.2) is 4.79 Å². The van der Waals surface area contributed by atoms with Crippen molar-refractivity contribution in [3.63, 3.8) is 0 Å². The summed E-state index contributed by atoms with van der Waals surface area (Å²) in [6, 6.07) is 9.27. The molecule has 1 unspecified atom stereocenters. The fourth-order valence-corrected chi connectivity index (χ4v) is 3.19. The molecule has 6 nitrogen and oxygen atoms in total. The van der Waals surface area contributed by atoms with E-state index in [0.29, 0.717) is 24.6 Å². The Kier molecular flexibility index (Phi) is 3.95. The third kappa shape index (κ3) is 3.12. The van der Waals surface area contributed by atoms with Crippen LogP contribution in [-0.4, -0.2) is 25.0 Å². The average molecular weight is 339 g/mol. The molecule has 1 saturated heterocycles. The predicted octanol–water partition coefficient (Wildman–Crippen LogP) is 3.18. The number of hydrogen-bond acceptors (Lipinski definition) is 3. The highest BCUT2D eigenvalue weighted by molar-refractivity contribution is 5.96. The van der Waals surface area contributed by atoms with Gasteiger partial charge in [-0.1, -0.05) is 12.1 Å². The van der Waals surface area contributed by atoms with Gasteiger partial charge in [-0.2, -0.15) is 0 Å². The topological polar surface area (TPSA) is 74.6 Å². The number of urea groups is 1. The first-order valence-electron chi connectivity index (χ1n) is 8.67. The number of benzene rings is 1. The second kappa shape index (κ2) is 6.27. The zero-order valence-electron chi connectivity index (χ0n) is 14.1. The van der Waals surface area contributed by atoms with Crippen LogP contribution >= 0.6 is 0 Å². The van der Waals surface area contributed by atoms with E-state index in [-0.39, 0.29) is 18.0 Å². The molecule has 130 valence electrons. The predicted molar refractivity (Wildman–Crippen MR) is 93.8 cm³/mol. The molecule has 25 heavy (non-hydrogen) atoms. The Morgan fingerprint density at radius 3 is 2.68 bits per heavy atom. The molecule has 2 N–H and O–H groups in total. The minimum Gasteiger partial charge on any atom is -0.468 e. The first-order valence-corrected chi connectivity index (χ1v) is 8.67. The molecule has 1 atom stereocenters. The molecule has 0 radical (unpaired) electrons. The average Bonchev–Trinajstić information content (AvgIpc) is 3.17. The molecule has 1 saturated carbocycles. The summed E-state index contributed by atoms with van der Waals surface area (Å²) in [7, 11) is 0. The van der Waals surface area contributed by atoms with Gasteiger partial charge in [0.05, 0.1) is 17.9 Å². The van der Waals surface area contributed by atoms with Gasteiger partial charge >= 0.3 is 6.03 Å². The van der Waals surface area contributed by atoms with Gasteiger partial charge in [0.1, 0.15) is 5.76 Å². The van der Waals surface area contributed by atoms with Crippen LogP contribution in [-0.2, 0) is 0 Å². The van der Waals surface area contributed by atoms with E-state index >= 15 is 0 Å². The first-order chi connectivity index (χ1) is 12.1. The fourth-order valence-electron chi connectivity index (χ4n) is 3.19. The molecule has 1 aliphatic carbocycles. The monoisotopic (exact) mass is 339 g/mol. The smallest absolute Gasteiger partial charge is 0.321 e. The van der Waals surface area contributed by atoms with Crippen molar-refractivity contribution in [1.29, 1.82) is 0 Å². The van der Waals surface area contributed by atoms with Gasteiger partial charge in [0, 0.05) is 24.7 Å². The van der Waals surface area contributed by atoms with E-state index in [4.69, 9.17) is 4.42 Å². The summed E-state index contributed by atoms with van der Waals surface area (Å²) in [6.45, 7) is 3.29. The maximum absolute atomic E-state index is 12.5. The van der Waals surface area contributed by atoms with Crippen LogP contribution in [0.5, 0.6) is 0 Å². The van der Waals surface area contributed by atoms with Crippen LogP contribution < -0.4 is 15.5 Å². The molecule has 0 spiro atoms. The summed E-state index contributed by atoms with van der Waals surface area (Å²) in [5, 5.41) is 5.82. The summed E-state index contributed by atoms with van der Waals surface area (Å²) < 4.78 is 5.48. The zero-order valence-corrected chi connectivity index (χ0v) is 14.1. The van der Waals surface area contributed by atoms with E-state index in [1.807, 2.05) is 31.2 Å². The molecule has 3 amide bonds. The number of amides is 3. The zero-order chi connectivity index (χ0) is 17.4. The Labute approximate surface area is 146 Å². The van der Waals surface area contributed by atoms with Crippen molar-refractivity contribution in [2.24, 2.45) is 0 Å². The van der Waals surface area contributed by atoms with Gasteiger partial charge in [0.25, 0.3) is 5.91 Å². The van der Waals surface area contributed by atoms with Gasteiger partial charge in [0.15, 0.2) is 0 Å². The first kappa shape index (κ1) is 15.7. The number of furan rings is 1. The third-order valence-corrected chi connectivity index (χ3v) is 4.80. The Hall–Kier alpha value is -2.76. The summed E-state index contributed by atoms with van der Waals surface area (Å²) >= 11 is 0. The van der Waals surface area contributed by atoms with E-state index in [9.17, 15) is 9.59 Å². The Morgan fingerprint density at radius 1 is 1.28 bits per heavy atom. The molecule has 4 rings (SSSR count). The van der Waals surface area contributed by atoms with Crippen LogP contribution in [0.3, 0.4) is 0 Å². The van der Waals surface area contributed by atoms with Crippen molar-refractivity contribution in [2.75, 3.05) is 18.0 Å². The van der Waals surface area contributed by atoms with Gasteiger partial charge in [-0.15, -0.1) is 0 Å².